The molecule has 0 fully saturated rings. The number of alkyl halides is 3. The molecule has 4 heterocycles. The third-order valence-electron chi connectivity index (χ3n) is 5.78. The van der Waals surface area contributed by atoms with E-state index in [-0.39, 0.29) is 36.2 Å². The Morgan fingerprint density at radius 2 is 2.12 bits per heavy atom. The molecule has 0 radical (unpaired) electrons. The van der Waals surface area contributed by atoms with Crippen molar-refractivity contribution in [1.29, 1.82) is 0 Å². The summed E-state index contributed by atoms with van der Waals surface area (Å²) in [5.41, 5.74) is -1.87. The van der Waals surface area contributed by atoms with Gasteiger partial charge in [-0.2, -0.15) is 13.9 Å². The zero-order valence-corrected chi connectivity index (χ0v) is 18.1. The summed E-state index contributed by atoms with van der Waals surface area (Å²) in [6, 6.07) is 0.219. The van der Waals surface area contributed by atoms with Crippen LogP contribution < -0.4 is 5.32 Å². The Kier molecular flexibility index (Phi) is 6.58. The molecule has 4 rings (SSSR count). The molecule has 2 amide bonds. The highest BCUT2D eigenvalue weighted by Crippen LogP contribution is 2.43. The summed E-state index contributed by atoms with van der Waals surface area (Å²) in [6.07, 6.45) is 0.356. The van der Waals surface area contributed by atoms with Crippen molar-refractivity contribution in [2.24, 2.45) is 0 Å². The number of nitrogens with one attached hydrogen (secondary N) is 1. The molecular formula is C20H24BrF4N5O2. The molecule has 12 heteroatoms. The molecular weight excluding hydrogens is 498 g/mol. The van der Waals surface area contributed by atoms with Crippen LogP contribution in [-0.2, 0) is 25.4 Å². The molecule has 0 unspecified atom stereocenters. The number of hydrogen-bond acceptors (Lipinski definition) is 4. The van der Waals surface area contributed by atoms with Gasteiger partial charge in [0.15, 0.2) is 5.82 Å². The topological polar surface area (TPSA) is 83.3 Å². The Balaban J connectivity index is 0.00000289. The van der Waals surface area contributed by atoms with Crippen LogP contribution in [0.3, 0.4) is 0 Å². The van der Waals surface area contributed by atoms with E-state index in [0.717, 1.165) is 4.68 Å². The standard InChI is InChI=1S/C19H20BrF4N5O2.CH4/c1-10-6-13-11(7-28(10)17(30)26-12-2-5-25-16(20)14(12)22)15-19(23,24)4-3-18(31,8-21)9-29(15)27-13;/h2,5,10,31H,3-4,6-9H2,1H3,(H,25,26,30);1H4/t10-,18+;/m1./s1. The van der Waals surface area contributed by atoms with Gasteiger partial charge in [-0.25, -0.2) is 18.6 Å². The fourth-order valence-electron chi connectivity index (χ4n) is 4.07. The Morgan fingerprint density at radius 3 is 2.81 bits per heavy atom. The van der Waals surface area contributed by atoms with E-state index in [2.05, 4.69) is 31.3 Å². The maximum atomic E-state index is 15.0. The molecule has 0 aromatic carbocycles. The van der Waals surface area contributed by atoms with Crippen molar-refractivity contribution < 1.29 is 27.5 Å². The number of fused-ring (bicyclic) bond motifs is 3. The molecule has 0 bridgehead atoms. The lowest BCUT2D eigenvalue weighted by molar-refractivity contribution is -0.0474. The molecule has 0 saturated carbocycles. The number of rotatable bonds is 2. The summed E-state index contributed by atoms with van der Waals surface area (Å²) in [4.78, 5) is 17.9. The minimum absolute atomic E-state index is 0. The van der Waals surface area contributed by atoms with Crippen LogP contribution in [-0.4, -0.2) is 49.1 Å². The number of nitrogens with zero attached hydrogens (tertiary/aromatic N) is 4. The monoisotopic (exact) mass is 521 g/mol. The molecule has 2 aromatic heterocycles. The lowest BCUT2D eigenvalue weighted by Crippen LogP contribution is -2.45. The summed E-state index contributed by atoms with van der Waals surface area (Å²) < 4.78 is 58.3. The smallest absolute Gasteiger partial charge is 0.322 e. The summed E-state index contributed by atoms with van der Waals surface area (Å²) >= 11 is 2.94. The van der Waals surface area contributed by atoms with Crippen LogP contribution in [0.15, 0.2) is 16.9 Å². The zero-order valence-electron chi connectivity index (χ0n) is 16.5. The van der Waals surface area contributed by atoms with Crippen molar-refractivity contribution in [1.82, 2.24) is 19.7 Å². The van der Waals surface area contributed by atoms with Gasteiger partial charge in [-0.05, 0) is 35.3 Å². The van der Waals surface area contributed by atoms with Crippen molar-refractivity contribution in [3.05, 3.63) is 39.6 Å². The SMILES string of the molecule is C.C[C@@H]1Cc2nn3c(c2CN1C(=O)Nc1ccnc(Br)c1F)C(F)(F)CC[C@](O)(CF)C3. The molecule has 2 N–H and O–H groups in total. The second-order valence-electron chi connectivity index (χ2n) is 8.07. The van der Waals surface area contributed by atoms with Gasteiger partial charge in [-0.3, -0.25) is 4.68 Å². The van der Waals surface area contributed by atoms with Crippen molar-refractivity contribution in [3.63, 3.8) is 0 Å². The molecule has 2 aliphatic rings. The number of carbonyl (C=O) groups excluding carboxylic acids is 1. The zero-order chi connectivity index (χ0) is 22.6. The second-order valence-corrected chi connectivity index (χ2v) is 8.82. The third kappa shape index (κ3) is 4.21. The minimum Gasteiger partial charge on any atom is -0.385 e. The lowest BCUT2D eigenvalue weighted by Gasteiger charge is -2.33. The first-order valence-electron chi connectivity index (χ1n) is 9.67. The van der Waals surface area contributed by atoms with E-state index in [9.17, 15) is 27.5 Å². The fourth-order valence-corrected chi connectivity index (χ4v) is 4.40. The van der Waals surface area contributed by atoms with E-state index >= 15 is 0 Å². The molecule has 32 heavy (non-hydrogen) atoms. The number of anilines is 1. The normalized spacial score (nSPS) is 24.1. The van der Waals surface area contributed by atoms with Crippen molar-refractivity contribution in [2.75, 3.05) is 12.0 Å². The van der Waals surface area contributed by atoms with Crippen LogP contribution in [0.1, 0.15) is 44.1 Å². The first kappa shape index (κ1) is 24.4. The first-order valence-corrected chi connectivity index (χ1v) is 10.5. The minimum atomic E-state index is -3.34. The van der Waals surface area contributed by atoms with Gasteiger partial charge >= 0.3 is 6.03 Å². The van der Waals surface area contributed by atoms with Crippen LogP contribution in [0.25, 0.3) is 0 Å². The number of aliphatic hydroxyl groups is 1. The third-order valence-corrected chi connectivity index (χ3v) is 6.33. The molecule has 0 saturated heterocycles. The van der Waals surface area contributed by atoms with Gasteiger partial charge in [-0.15, -0.1) is 0 Å². The molecule has 0 spiro atoms. The van der Waals surface area contributed by atoms with Gasteiger partial charge in [0.2, 0.25) is 0 Å². The number of pyridine rings is 1. The molecule has 2 aromatic rings. The maximum absolute atomic E-state index is 15.0. The van der Waals surface area contributed by atoms with Gasteiger partial charge in [0, 0.05) is 30.6 Å². The Bertz CT molecular complexity index is 1030. The van der Waals surface area contributed by atoms with Crippen molar-refractivity contribution in [3.8, 4) is 0 Å². The van der Waals surface area contributed by atoms with Crippen LogP contribution in [0.5, 0.6) is 0 Å². The molecule has 7 nitrogen and oxygen atoms in total. The predicted octanol–water partition coefficient (Wildman–Crippen LogP) is 4.38. The van der Waals surface area contributed by atoms with Gasteiger partial charge in [0.1, 0.15) is 22.6 Å². The Hall–Kier alpha value is -2.21. The van der Waals surface area contributed by atoms with E-state index < -0.39 is 61.2 Å². The van der Waals surface area contributed by atoms with Gasteiger partial charge in [0.05, 0.1) is 24.5 Å². The summed E-state index contributed by atoms with van der Waals surface area (Å²) in [5, 5.41) is 17.0. The number of amides is 2. The average molecular weight is 522 g/mol. The van der Waals surface area contributed by atoms with E-state index in [1.807, 2.05) is 0 Å². The van der Waals surface area contributed by atoms with Crippen LogP contribution in [0.4, 0.5) is 28.0 Å². The largest absolute Gasteiger partial charge is 0.385 e. The maximum Gasteiger partial charge on any atom is 0.322 e. The van der Waals surface area contributed by atoms with Gasteiger partial charge < -0.3 is 15.3 Å². The number of urea groups is 1. The van der Waals surface area contributed by atoms with Crippen molar-refractivity contribution in [2.45, 2.75) is 64.3 Å². The van der Waals surface area contributed by atoms with Crippen LogP contribution in [0, 0.1) is 5.82 Å². The summed E-state index contributed by atoms with van der Waals surface area (Å²) in [5.74, 6) is -4.09. The van der Waals surface area contributed by atoms with Gasteiger partial charge in [0.25, 0.3) is 5.92 Å². The van der Waals surface area contributed by atoms with Gasteiger partial charge in [-0.1, -0.05) is 7.43 Å². The number of carbonyl (C=O) groups is 1. The molecule has 0 aliphatic carbocycles. The second kappa shape index (κ2) is 8.62. The highest BCUT2D eigenvalue weighted by Gasteiger charge is 2.48. The predicted molar refractivity (Wildman–Crippen MR) is 113 cm³/mol. The lowest BCUT2D eigenvalue weighted by atomic mass is 9.94. The van der Waals surface area contributed by atoms with Crippen molar-refractivity contribution >= 4 is 27.6 Å². The van der Waals surface area contributed by atoms with Crippen LogP contribution in [0.2, 0.25) is 0 Å². The fraction of sp³-hybridized carbons (Fsp3) is 0.550. The summed E-state index contributed by atoms with van der Waals surface area (Å²) in [6.45, 7) is 0.000415. The number of aromatic nitrogens is 3. The Morgan fingerprint density at radius 1 is 1.41 bits per heavy atom. The number of hydrogen-bond donors (Lipinski definition) is 2. The molecule has 2 aliphatic heterocycles. The van der Waals surface area contributed by atoms with E-state index in [1.54, 1.807) is 6.92 Å². The highest BCUT2D eigenvalue weighted by molar-refractivity contribution is 9.10. The molecule has 176 valence electrons. The average Bonchev–Trinajstić information content (AvgIpc) is 3.01. The number of halogens is 5. The van der Waals surface area contributed by atoms with E-state index in [1.165, 1.54) is 17.2 Å². The van der Waals surface area contributed by atoms with E-state index in [0.29, 0.717) is 5.69 Å². The molecule has 2 atom stereocenters. The van der Waals surface area contributed by atoms with Crippen LogP contribution >= 0.6 is 15.9 Å². The Labute approximate surface area is 190 Å². The quantitative estimate of drug-likeness (QED) is 0.453. The van der Waals surface area contributed by atoms with E-state index in [4.69, 9.17) is 0 Å². The first-order chi connectivity index (χ1) is 14.5. The highest BCUT2D eigenvalue weighted by atomic mass is 79.9. The summed E-state index contributed by atoms with van der Waals surface area (Å²) in [7, 11) is 0.